The van der Waals surface area contributed by atoms with Gasteiger partial charge in [0.2, 0.25) is 5.91 Å². The van der Waals surface area contributed by atoms with Crippen molar-refractivity contribution in [2.24, 2.45) is 0 Å². The van der Waals surface area contributed by atoms with Gasteiger partial charge in [0.05, 0.1) is 17.8 Å². The predicted molar refractivity (Wildman–Crippen MR) is 117 cm³/mol. The fourth-order valence-corrected chi connectivity index (χ4v) is 5.27. The molecular formula is C23H27N3O2S. The van der Waals surface area contributed by atoms with E-state index in [2.05, 4.69) is 48.4 Å². The second kappa shape index (κ2) is 8.49. The number of nitrogens with zero attached hydrogens (tertiary/aromatic N) is 2. The van der Waals surface area contributed by atoms with E-state index in [9.17, 15) is 9.59 Å². The molecule has 0 saturated heterocycles. The average molecular weight is 410 g/mol. The SMILES string of the molecule is CC[C@H](NC(=O)CCn1cnc2sc3c(c2c1=O)CCCC3)c1ccc(C)cc1. The minimum absolute atomic E-state index is 0.00669. The van der Waals surface area contributed by atoms with Gasteiger partial charge in [-0.1, -0.05) is 36.8 Å². The Labute approximate surface area is 174 Å². The molecule has 6 heteroatoms. The van der Waals surface area contributed by atoms with Crippen molar-refractivity contribution in [2.75, 3.05) is 0 Å². The van der Waals surface area contributed by atoms with Crippen LogP contribution in [0.1, 0.15) is 60.2 Å². The van der Waals surface area contributed by atoms with Crippen molar-refractivity contribution >= 4 is 27.5 Å². The molecule has 1 aliphatic rings. The molecule has 1 atom stereocenters. The lowest BCUT2D eigenvalue weighted by molar-refractivity contribution is -0.122. The third-order valence-electron chi connectivity index (χ3n) is 5.74. The van der Waals surface area contributed by atoms with E-state index in [1.54, 1.807) is 22.2 Å². The topological polar surface area (TPSA) is 64.0 Å². The molecule has 1 amide bonds. The number of rotatable bonds is 6. The van der Waals surface area contributed by atoms with Gasteiger partial charge in [-0.2, -0.15) is 0 Å². The van der Waals surface area contributed by atoms with Crippen molar-refractivity contribution in [2.45, 2.75) is 65.0 Å². The van der Waals surface area contributed by atoms with Gasteiger partial charge in [0.25, 0.3) is 5.56 Å². The van der Waals surface area contributed by atoms with E-state index in [4.69, 9.17) is 0 Å². The molecule has 1 aromatic carbocycles. The van der Waals surface area contributed by atoms with Crippen LogP contribution in [0.25, 0.3) is 10.2 Å². The van der Waals surface area contributed by atoms with Gasteiger partial charge >= 0.3 is 0 Å². The Morgan fingerprint density at radius 1 is 1.24 bits per heavy atom. The Balaban J connectivity index is 1.46. The summed E-state index contributed by atoms with van der Waals surface area (Å²) in [4.78, 5) is 32.2. The monoisotopic (exact) mass is 409 g/mol. The Hall–Kier alpha value is -2.47. The van der Waals surface area contributed by atoms with Crippen molar-refractivity contribution < 1.29 is 4.79 Å². The summed E-state index contributed by atoms with van der Waals surface area (Å²) < 4.78 is 1.59. The number of hydrogen-bond donors (Lipinski definition) is 1. The van der Waals surface area contributed by atoms with Crippen LogP contribution in [0.15, 0.2) is 35.4 Å². The molecule has 2 heterocycles. The third-order valence-corrected chi connectivity index (χ3v) is 6.94. The molecule has 0 radical (unpaired) electrons. The van der Waals surface area contributed by atoms with Crippen LogP contribution >= 0.6 is 11.3 Å². The second-order valence-corrected chi connectivity index (χ2v) is 8.91. The summed E-state index contributed by atoms with van der Waals surface area (Å²) in [7, 11) is 0. The van der Waals surface area contributed by atoms with Crippen LogP contribution in [0.4, 0.5) is 0 Å². The predicted octanol–water partition coefficient (Wildman–Crippen LogP) is 4.30. The first-order chi connectivity index (χ1) is 14.1. The third kappa shape index (κ3) is 4.13. The van der Waals surface area contributed by atoms with Crippen LogP contribution in [0, 0.1) is 6.92 Å². The van der Waals surface area contributed by atoms with Gasteiger partial charge in [-0.05, 0) is 50.2 Å². The summed E-state index contributed by atoms with van der Waals surface area (Å²) in [5, 5.41) is 3.88. The Morgan fingerprint density at radius 3 is 2.76 bits per heavy atom. The van der Waals surface area contributed by atoms with Crippen molar-refractivity contribution in [3.63, 3.8) is 0 Å². The first-order valence-electron chi connectivity index (χ1n) is 10.4. The number of carbonyl (C=O) groups excluding carboxylic acids is 1. The zero-order chi connectivity index (χ0) is 20.4. The van der Waals surface area contributed by atoms with E-state index in [1.165, 1.54) is 22.4 Å². The van der Waals surface area contributed by atoms with Gasteiger partial charge in [0, 0.05) is 17.8 Å². The van der Waals surface area contributed by atoms with Gasteiger partial charge in [-0.15, -0.1) is 11.3 Å². The minimum atomic E-state index is -0.0447. The molecule has 0 bridgehead atoms. The first-order valence-corrected chi connectivity index (χ1v) is 11.2. The standard InChI is InChI=1S/C23H27N3O2S/c1-3-18(16-10-8-15(2)9-11-16)25-20(27)12-13-26-14-24-22-21(23(26)28)17-6-4-5-7-19(17)29-22/h8-11,14,18H,3-7,12-13H2,1-2H3,(H,25,27)/t18-/m0/s1. The Morgan fingerprint density at radius 2 is 2.00 bits per heavy atom. The normalized spacial score (nSPS) is 14.6. The summed E-state index contributed by atoms with van der Waals surface area (Å²) in [5.74, 6) is -0.0447. The lowest BCUT2D eigenvalue weighted by Crippen LogP contribution is -2.30. The molecule has 0 unspecified atom stereocenters. The highest BCUT2D eigenvalue weighted by Gasteiger charge is 2.20. The highest BCUT2D eigenvalue weighted by molar-refractivity contribution is 7.18. The second-order valence-electron chi connectivity index (χ2n) is 7.82. The number of aryl methyl sites for hydroxylation is 4. The molecule has 3 aromatic rings. The summed E-state index contributed by atoms with van der Waals surface area (Å²) in [5.41, 5.74) is 3.50. The maximum atomic E-state index is 13.0. The molecule has 1 N–H and O–H groups in total. The fourth-order valence-electron chi connectivity index (χ4n) is 4.05. The molecule has 0 aliphatic heterocycles. The summed E-state index contributed by atoms with van der Waals surface area (Å²) in [6, 6.07) is 8.24. The van der Waals surface area contributed by atoms with Crippen LogP contribution in [0.5, 0.6) is 0 Å². The van der Waals surface area contributed by atoms with Gasteiger partial charge < -0.3 is 5.32 Å². The number of hydrogen-bond acceptors (Lipinski definition) is 4. The molecule has 4 rings (SSSR count). The highest BCUT2D eigenvalue weighted by atomic mass is 32.1. The molecule has 0 fully saturated rings. The Bertz CT molecular complexity index is 1080. The molecule has 2 aromatic heterocycles. The van der Waals surface area contributed by atoms with Gasteiger partial charge in [0.15, 0.2) is 0 Å². The van der Waals surface area contributed by atoms with Crippen molar-refractivity contribution in [3.8, 4) is 0 Å². The largest absolute Gasteiger partial charge is 0.349 e. The number of thiophene rings is 1. The number of aromatic nitrogens is 2. The number of amides is 1. The lowest BCUT2D eigenvalue weighted by atomic mass is 9.97. The number of carbonyl (C=O) groups is 1. The van der Waals surface area contributed by atoms with E-state index < -0.39 is 0 Å². The quantitative estimate of drug-likeness (QED) is 0.660. The van der Waals surface area contributed by atoms with E-state index in [0.717, 1.165) is 41.5 Å². The summed E-state index contributed by atoms with van der Waals surface area (Å²) in [6.07, 6.45) is 7.02. The van der Waals surface area contributed by atoms with Crippen LogP contribution in [0.3, 0.4) is 0 Å². The van der Waals surface area contributed by atoms with E-state index in [0.29, 0.717) is 6.54 Å². The van der Waals surface area contributed by atoms with Crippen LogP contribution < -0.4 is 10.9 Å². The van der Waals surface area contributed by atoms with E-state index in [1.807, 2.05) is 0 Å². The van der Waals surface area contributed by atoms with Crippen molar-refractivity contribution in [3.05, 3.63) is 62.5 Å². The van der Waals surface area contributed by atoms with Crippen molar-refractivity contribution in [1.82, 2.24) is 14.9 Å². The van der Waals surface area contributed by atoms with Gasteiger partial charge in [-0.3, -0.25) is 14.2 Å². The molecule has 29 heavy (non-hydrogen) atoms. The highest BCUT2D eigenvalue weighted by Crippen LogP contribution is 2.33. The van der Waals surface area contributed by atoms with Gasteiger partial charge in [0.1, 0.15) is 4.83 Å². The summed E-state index contributed by atoms with van der Waals surface area (Å²) in [6.45, 7) is 4.46. The number of fused-ring (bicyclic) bond motifs is 3. The summed E-state index contributed by atoms with van der Waals surface area (Å²) >= 11 is 1.65. The molecular weight excluding hydrogens is 382 g/mol. The molecule has 152 valence electrons. The van der Waals surface area contributed by atoms with Crippen LogP contribution in [-0.4, -0.2) is 15.5 Å². The van der Waals surface area contributed by atoms with Crippen molar-refractivity contribution in [1.29, 1.82) is 0 Å². The van der Waals surface area contributed by atoms with Crippen LogP contribution in [0.2, 0.25) is 0 Å². The van der Waals surface area contributed by atoms with Gasteiger partial charge in [-0.25, -0.2) is 4.98 Å². The molecule has 0 saturated carbocycles. The van der Waals surface area contributed by atoms with E-state index in [-0.39, 0.29) is 23.9 Å². The average Bonchev–Trinajstić information content (AvgIpc) is 3.11. The van der Waals surface area contributed by atoms with E-state index >= 15 is 0 Å². The minimum Gasteiger partial charge on any atom is -0.349 e. The first kappa shape index (κ1) is 19.8. The zero-order valence-electron chi connectivity index (χ0n) is 17.0. The Kier molecular flexibility index (Phi) is 5.81. The maximum absolute atomic E-state index is 13.0. The number of benzene rings is 1. The number of nitrogens with one attached hydrogen (secondary N) is 1. The molecule has 5 nitrogen and oxygen atoms in total. The maximum Gasteiger partial charge on any atom is 0.262 e. The van der Waals surface area contributed by atoms with Crippen LogP contribution in [-0.2, 0) is 24.2 Å². The molecule has 0 spiro atoms. The lowest BCUT2D eigenvalue weighted by Gasteiger charge is -2.18. The fraction of sp³-hybridized carbons (Fsp3) is 0.435. The smallest absolute Gasteiger partial charge is 0.262 e. The molecule has 1 aliphatic carbocycles. The zero-order valence-corrected chi connectivity index (χ0v) is 17.8.